The molecule has 4 aromatic rings. The lowest BCUT2D eigenvalue weighted by molar-refractivity contribution is 0.195. The molecule has 0 radical (unpaired) electrons. The molecule has 1 heterocycles. The minimum atomic E-state index is -0.916. The molecule has 0 atom stereocenters. The third kappa shape index (κ3) is 4.99. The van der Waals surface area contributed by atoms with Gasteiger partial charge in [0.15, 0.2) is 11.6 Å². The maximum absolute atomic E-state index is 14.6. The molecule has 0 aliphatic heterocycles. The van der Waals surface area contributed by atoms with E-state index in [1.807, 2.05) is 12.1 Å². The summed E-state index contributed by atoms with van der Waals surface area (Å²) < 4.78 is 46.5. The van der Waals surface area contributed by atoms with Crippen molar-refractivity contribution in [2.75, 3.05) is 13.7 Å². The molecule has 0 fully saturated rings. The zero-order valence-electron chi connectivity index (χ0n) is 17.5. The van der Waals surface area contributed by atoms with Crippen LogP contribution in [0, 0.1) is 29.3 Å². The molecular weight excluding hydrogens is 411 g/mol. The van der Waals surface area contributed by atoms with Crippen molar-refractivity contribution in [3.05, 3.63) is 101 Å². The van der Waals surface area contributed by atoms with Crippen LogP contribution in [0.25, 0.3) is 22.0 Å². The number of hydrogen-bond acceptors (Lipinski definition) is 2. The Hall–Kier alpha value is -3.62. The lowest BCUT2D eigenvalue weighted by atomic mass is 10.0. The average molecular weight is 431 g/mol. The van der Waals surface area contributed by atoms with Crippen LogP contribution in [0.3, 0.4) is 0 Å². The topological polar surface area (TPSA) is 22.1 Å². The van der Waals surface area contributed by atoms with E-state index in [-0.39, 0.29) is 5.56 Å². The lowest BCUT2D eigenvalue weighted by Crippen LogP contribution is -1.94. The highest BCUT2D eigenvalue weighted by atomic mass is 19.2. The molecule has 0 spiro atoms. The van der Waals surface area contributed by atoms with E-state index in [1.54, 1.807) is 43.6 Å². The van der Waals surface area contributed by atoms with Gasteiger partial charge in [0.05, 0.1) is 11.3 Å². The molecule has 0 amide bonds. The molecule has 0 saturated heterocycles. The van der Waals surface area contributed by atoms with Crippen molar-refractivity contribution >= 4 is 10.8 Å². The fourth-order valence-electron chi connectivity index (χ4n) is 3.40. The van der Waals surface area contributed by atoms with Crippen molar-refractivity contribution < 1.29 is 17.9 Å². The van der Waals surface area contributed by atoms with Crippen LogP contribution < -0.4 is 0 Å². The maximum Gasteiger partial charge on any atom is 0.159 e. The number of hydrogen-bond donors (Lipinski definition) is 0. The lowest BCUT2D eigenvalue weighted by Gasteiger charge is -2.05. The fraction of sp³-hybridized carbons (Fsp3) is 0.148. The van der Waals surface area contributed by atoms with Crippen molar-refractivity contribution in [3.8, 4) is 23.1 Å². The number of rotatable bonds is 5. The Kier molecular flexibility index (Phi) is 6.53. The highest BCUT2D eigenvalue weighted by Crippen LogP contribution is 2.22. The van der Waals surface area contributed by atoms with Gasteiger partial charge in [-0.1, -0.05) is 30.0 Å². The summed E-state index contributed by atoms with van der Waals surface area (Å²) in [5.74, 6) is 3.44. The number of halogens is 3. The number of aryl methyl sites for hydroxylation is 1. The van der Waals surface area contributed by atoms with E-state index in [2.05, 4.69) is 16.8 Å². The molecule has 32 heavy (non-hydrogen) atoms. The Balaban J connectivity index is 1.53. The normalized spacial score (nSPS) is 10.8. The summed E-state index contributed by atoms with van der Waals surface area (Å²) in [5, 5.41) is 1.10. The third-order valence-electron chi connectivity index (χ3n) is 5.12. The predicted molar refractivity (Wildman–Crippen MR) is 120 cm³/mol. The number of methoxy groups -OCH3 is 1. The monoisotopic (exact) mass is 431 g/mol. The van der Waals surface area contributed by atoms with Crippen LogP contribution in [0.15, 0.2) is 66.9 Å². The molecule has 0 saturated carbocycles. The molecule has 2 nitrogen and oxygen atoms in total. The first kappa shape index (κ1) is 21.6. The van der Waals surface area contributed by atoms with E-state index in [4.69, 9.17) is 4.74 Å². The summed E-state index contributed by atoms with van der Waals surface area (Å²) >= 11 is 0. The Bertz CT molecular complexity index is 1320. The molecule has 0 unspecified atom stereocenters. The minimum absolute atomic E-state index is 0.246. The van der Waals surface area contributed by atoms with Crippen molar-refractivity contribution in [1.82, 2.24) is 4.98 Å². The van der Waals surface area contributed by atoms with Crippen molar-refractivity contribution in [1.29, 1.82) is 0 Å². The number of nitrogens with zero attached hydrogens (tertiary/aromatic N) is 1. The average Bonchev–Trinajstić information content (AvgIpc) is 2.80. The minimum Gasteiger partial charge on any atom is -0.385 e. The summed E-state index contributed by atoms with van der Waals surface area (Å²) in [5.41, 5.74) is 3.28. The van der Waals surface area contributed by atoms with E-state index in [0.29, 0.717) is 34.2 Å². The van der Waals surface area contributed by atoms with E-state index in [9.17, 15) is 13.2 Å². The first-order valence-electron chi connectivity index (χ1n) is 10.2. The van der Waals surface area contributed by atoms with Gasteiger partial charge in [0.2, 0.25) is 0 Å². The molecule has 0 aliphatic rings. The number of fused-ring (bicyclic) bond motifs is 1. The molecule has 160 valence electrons. The van der Waals surface area contributed by atoms with Gasteiger partial charge in [0.25, 0.3) is 0 Å². The van der Waals surface area contributed by atoms with Gasteiger partial charge >= 0.3 is 0 Å². The fourth-order valence-corrected chi connectivity index (χ4v) is 3.40. The Morgan fingerprint density at radius 2 is 1.62 bits per heavy atom. The highest BCUT2D eigenvalue weighted by Gasteiger charge is 2.06. The Morgan fingerprint density at radius 1 is 0.812 bits per heavy atom. The molecule has 4 rings (SSSR count). The van der Waals surface area contributed by atoms with Crippen LogP contribution in [-0.4, -0.2) is 18.7 Å². The summed E-state index contributed by atoms with van der Waals surface area (Å²) in [6.45, 7) is 0.699. The van der Waals surface area contributed by atoms with Gasteiger partial charge < -0.3 is 4.74 Å². The number of benzene rings is 3. The zero-order chi connectivity index (χ0) is 22.5. The molecule has 1 aromatic heterocycles. The van der Waals surface area contributed by atoms with Crippen molar-refractivity contribution in [3.63, 3.8) is 0 Å². The predicted octanol–water partition coefficient (Wildman–Crippen LogP) is 6.30. The van der Waals surface area contributed by atoms with E-state index in [0.717, 1.165) is 30.5 Å². The Morgan fingerprint density at radius 3 is 2.34 bits per heavy atom. The summed E-state index contributed by atoms with van der Waals surface area (Å²) in [4.78, 5) is 4.43. The molecule has 5 heteroatoms. The van der Waals surface area contributed by atoms with E-state index >= 15 is 0 Å². The molecule has 0 N–H and O–H groups in total. The second-order valence-corrected chi connectivity index (χ2v) is 7.42. The first-order chi connectivity index (χ1) is 15.5. The van der Waals surface area contributed by atoms with Gasteiger partial charge in [0.1, 0.15) is 5.82 Å². The molecule has 0 bridgehead atoms. The van der Waals surface area contributed by atoms with Crippen LogP contribution >= 0.6 is 0 Å². The van der Waals surface area contributed by atoms with Gasteiger partial charge in [-0.15, -0.1) is 0 Å². The SMILES string of the molecule is COCCCc1ccc(-c2ccc(C#Cc3ccc4cc(F)c(F)cc4c3)c(F)c2)nc1. The third-order valence-corrected chi connectivity index (χ3v) is 5.12. The first-order valence-corrected chi connectivity index (χ1v) is 10.2. The van der Waals surface area contributed by atoms with E-state index < -0.39 is 17.5 Å². The van der Waals surface area contributed by atoms with Gasteiger partial charge in [0, 0.05) is 31.0 Å². The quantitative estimate of drug-likeness (QED) is 0.273. The number of pyridine rings is 1. The number of aromatic nitrogens is 1. The standard InChI is InChI=1S/C27H20F3NO/c1-32-12-2-3-19-6-11-27(31-17-19)22-10-9-20(24(28)15-22)7-4-18-5-8-21-14-25(29)26(30)16-23(21)13-18/h5-6,8-11,13-17H,2-3,12H2,1H3. The van der Waals surface area contributed by atoms with Crippen LogP contribution in [0.1, 0.15) is 23.1 Å². The largest absolute Gasteiger partial charge is 0.385 e. The maximum atomic E-state index is 14.6. The second-order valence-electron chi connectivity index (χ2n) is 7.42. The summed E-state index contributed by atoms with van der Waals surface area (Å²) in [6.07, 6.45) is 3.59. The van der Waals surface area contributed by atoms with Crippen LogP contribution in [0.2, 0.25) is 0 Å². The van der Waals surface area contributed by atoms with Crippen molar-refractivity contribution in [2.24, 2.45) is 0 Å². The summed E-state index contributed by atoms with van der Waals surface area (Å²) in [7, 11) is 1.68. The van der Waals surface area contributed by atoms with Crippen LogP contribution in [0.4, 0.5) is 13.2 Å². The van der Waals surface area contributed by atoms with Gasteiger partial charge in [-0.05, 0) is 71.6 Å². The molecule has 3 aromatic carbocycles. The Labute approximate surface area is 184 Å². The summed E-state index contributed by atoms with van der Waals surface area (Å²) in [6, 6.07) is 15.9. The zero-order valence-corrected chi connectivity index (χ0v) is 17.5. The van der Waals surface area contributed by atoms with Crippen molar-refractivity contribution in [2.45, 2.75) is 12.8 Å². The van der Waals surface area contributed by atoms with Crippen LogP contribution in [0.5, 0.6) is 0 Å². The van der Waals surface area contributed by atoms with Gasteiger partial charge in [-0.25, -0.2) is 13.2 Å². The smallest absolute Gasteiger partial charge is 0.159 e. The molecule has 0 aliphatic carbocycles. The van der Waals surface area contributed by atoms with E-state index in [1.165, 1.54) is 6.07 Å². The van der Waals surface area contributed by atoms with Gasteiger partial charge in [-0.3, -0.25) is 4.98 Å². The number of ether oxygens (including phenoxy) is 1. The molecular formula is C27H20F3NO. The highest BCUT2D eigenvalue weighted by molar-refractivity contribution is 5.84. The van der Waals surface area contributed by atoms with Gasteiger partial charge in [-0.2, -0.15) is 0 Å². The second kappa shape index (κ2) is 9.67. The van der Waals surface area contributed by atoms with Crippen LogP contribution in [-0.2, 0) is 11.2 Å².